The number of rotatable bonds is 4. The summed E-state index contributed by atoms with van der Waals surface area (Å²) in [6.45, 7) is 8.64. The van der Waals surface area contributed by atoms with Crippen molar-refractivity contribution in [1.82, 2.24) is 24.0 Å². The van der Waals surface area contributed by atoms with Gasteiger partial charge in [0, 0.05) is 42.8 Å². The smallest absolute Gasteiger partial charge is 0.259 e. The second kappa shape index (κ2) is 7.37. The first-order chi connectivity index (χ1) is 14.9. The quantitative estimate of drug-likeness (QED) is 0.507. The molecule has 0 N–H and O–H groups in total. The maximum absolute atomic E-state index is 12.4. The second-order valence-corrected chi connectivity index (χ2v) is 9.14. The van der Waals surface area contributed by atoms with Crippen molar-refractivity contribution in [2.75, 3.05) is 24.6 Å². The zero-order valence-corrected chi connectivity index (χ0v) is 18.0. The minimum Gasteiger partial charge on any atom is -0.476 e. The highest BCUT2D eigenvalue weighted by Crippen LogP contribution is 2.24. The number of anilines is 1. The molecule has 160 valence electrons. The summed E-state index contributed by atoms with van der Waals surface area (Å²) >= 11 is 0. The number of hydrogen-bond donors (Lipinski definition) is 0. The summed E-state index contributed by atoms with van der Waals surface area (Å²) in [6, 6.07) is 11.0. The minimum absolute atomic E-state index is 0.0265. The molecule has 4 aromatic heterocycles. The van der Waals surface area contributed by atoms with Crippen molar-refractivity contribution in [3.8, 4) is 5.88 Å². The molecule has 0 bridgehead atoms. The van der Waals surface area contributed by atoms with Gasteiger partial charge in [-0.1, -0.05) is 26.8 Å². The Morgan fingerprint density at radius 3 is 2.84 bits per heavy atom. The highest BCUT2D eigenvalue weighted by Gasteiger charge is 2.25. The lowest BCUT2D eigenvalue weighted by molar-refractivity contribution is 0.249. The van der Waals surface area contributed by atoms with Crippen LogP contribution in [0, 0.1) is 5.92 Å². The SMILES string of the molecule is CC(C)(C)c1cn2nc(OCC3CCN(c4cc(=O)n5ccccc5n4)C3)ccc2n1. The van der Waals surface area contributed by atoms with Crippen LogP contribution in [0.2, 0.25) is 0 Å². The average molecular weight is 419 g/mol. The summed E-state index contributed by atoms with van der Waals surface area (Å²) in [5, 5.41) is 4.56. The number of nitrogens with zero attached hydrogens (tertiary/aromatic N) is 6. The van der Waals surface area contributed by atoms with Crippen LogP contribution in [0.4, 0.5) is 5.82 Å². The van der Waals surface area contributed by atoms with Crippen LogP contribution in [0.15, 0.2) is 53.6 Å². The van der Waals surface area contributed by atoms with E-state index in [1.807, 2.05) is 36.5 Å². The van der Waals surface area contributed by atoms with E-state index in [0.29, 0.717) is 24.1 Å². The van der Waals surface area contributed by atoms with Gasteiger partial charge in [-0.25, -0.2) is 14.5 Å². The second-order valence-electron chi connectivity index (χ2n) is 9.14. The van der Waals surface area contributed by atoms with Crippen LogP contribution in [0.25, 0.3) is 11.3 Å². The van der Waals surface area contributed by atoms with Gasteiger partial charge in [0.15, 0.2) is 5.65 Å². The van der Waals surface area contributed by atoms with Gasteiger partial charge in [-0.2, -0.15) is 0 Å². The molecule has 0 saturated carbocycles. The van der Waals surface area contributed by atoms with E-state index in [9.17, 15) is 4.79 Å². The number of pyridine rings is 1. The molecule has 1 saturated heterocycles. The molecule has 8 heteroatoms. The largest absolute Gasteiger partial charge is 0.476 e. The molecule has 0 spiro atoms. The first-order valence-corrected chi connectivity index (χ1v) is 10.6. The van der Waals surface area contributed by atoms with E-state index in [0.717, 1.165) is 36.7 Å². The molecule has 31 heavy (non-hydrogen) atoms. The number of aromatic nitrogens is 5. The predicted molar refractivity (Wildman–Crippen MR) is 119 cm³/mol. The third-order valence-corrected chi connectivity index (χ3v) is 5.70. The molecule has 4 aromatic rings. The Morgan fingerprint density at radius 2 is 2.00 bits per heavy atom. The molecule has 0 amide bonds. The lowest BCUT2D eigenvalue weighted by Crippen LogP contribution is -2.25. The summed E-state index contributed by atoms with van der Waals surface area (Å²) in [6.07, 6.45) is 4.68. The standard InChI is InChI=1S/C23H26N6O2/c1-23(2,3)17-14-29-19(24-17)7-8-21(26-29)31-15-16-9-11-27(13-16)20-12-22(30)28-10-5-4-6-18(28)25-20/h4-8,10,12,14,16H,9,11,13,15H2,1-3H3. The van der Waals surface area contributed by atoms with Gasteiger partial charge in [0.05, 0.1) is 18.5 Å². The lowest BCUT2D eigenvalue weighted by Gasteiger charge is -2.18. The number of hydrogen-bond acceptors (Lipinski definition) is 6. The van der Waals surface area contributed by atoms with Crippen molar-refractivity contribution in [3.05, 3.63) is 64.8 Å². The van der Waals surface area contributed by atoms with Crippen molar-refractivity contribution in [1.29, 1.82) is 0 Å². The normalized spacial score (nSPS) is 17.0. The Labute approximate surface area is 180 Å². The van der Waals surface area contributed by atoms with E-state index in [-0.39, 0.29) is 11.0 Å². The van der Waals surface area contributed by atoms with Crippen LogP contribution in [0.3, 0.4) is 0 Å². The zero-order chi connectivity index (χ0) is 21.6. The molecule has 1 unspecified atom stereocenters. The molecule has 5 rings (SSSR count). The van der Waals surface area contributed by atoms with Gasteiger partial charge in [0.25, 0.3) is 5.56 Å². The van der Waals surface area contributed by atoms with Crippen molar-refractivity contribution in [2.24, 2.45) is 5.92 Å². The molecule has 1 atom stereocenters. The van der Waals surface area contributed by atoms with E-state index < -0.39 is 0 Å². The molecular weight excluding hydrogens is 392 g/mol. The fourth-order valence-corrected chi connectivity index (χ4v) is 3.89. The fraction of sp³-hybridized carbons (Fsp3) is 0.391. The van der Waals surface area contributed by atoms with Crippen LogP contribution in [-0.2, 0) is 5.41 Å². The van der Waals surface area contributed by atoms with Crippen LogP contribution in [0.1, 0.15) is 32.9 Å². The Balaban J connectivity index is 1.26. The van der Waals surface area contributed by atoms with E-state index in [1.54, 1.807) is 21.2 Å². The van der Waals surface area contributed by atoms with Crippen LogP contribution < -0.4 is 15.2 Å². The van der Waals surface area contributed by atoms with Gasteiger partial charge in [-0.05, 0) is 24.6 Å². The maximum Gasteiger partial charge on any atom is 0.259 e. The molecule has 8 nitrogen and oxygen atoms in total. The predicted octanol–water partition coefficient (Wildman–Crippen LogP) is 2.94. The first-order valence-electron chi connectivity index (χ1n) is 10.6. The third-order valence-electron chi connectivity index (χ3n) is 5.70. The van der Waals surface area contributed by atoms with E-state index in [1.165, 1.54) is 0 Å². The maximum atomic E-state index is 12.4. The fourth-order valence-electron chi connectivity index (χ4n) is 3.89. The highest BCUT2D eigenvalue weighted by molar-refractivity contribution is 5.48. The summed E-state index contributed by atoms with van der Waals surface area (Å²) in [4.78, 5) is 23.8. The van der Waals surface area contributed by atoms with E-state index in [2.05, 4.69) is 40.7 Å². The average Bonchev–Trinajstić information content (AvgIpc) is 3.39. The molecule has 0 aromatic carbocycles. The van der Waals surface area contributed by atoms with Crippen molar-refractivity contribution >= 4 is 17.1 Å². The highest BCUT2D eigenvalue weighted by atomic mass is 16.5. The van der Waals surface area contributed by atoms with Gasteiger partial charge < -0.3 is 9.64 Å². The Morgan fingerprint density at radius 1 is 1.13 bits per heavy atom. The number of imidazole rings is 1. The summed E-state index contributed by atoms with van der Waals surface area (Å²) in [5.74, 6) is 1.67. The topological polar surface area (TPSA) is 77.0 Å². The molecule has 5 heterocycles. The van der Waals surface area contributed by atoms with E-state index in [4.69, 9.17) is 4.74 Å². The van der Waals surface area contributed by atoms with E-state index >= 15 is 0 Å². The van der Waals surface area contributed by atoms with Gasteiger partial charge in [-0.3, -0.25) is 9.20 Å². The number of ether oxygens (including phenoxy) is 1. The van der Waals surface area contributed by atoms with Crippen LogP contribution >= 0.6 is 0 Å². The summed E-state index contributed by atoms with van der Waals surface area (Å²) < 4.78 is 9.34. The first kappa shape index (κ1) is 19.5. The monoisotopic (exact) mass is 418 g/mol. The molecule has 1 aliphatic heterocycles. The Bertz CT molecular complexity index is 1300. The zero-order valence-electron chi connectivity index (χ0n) is 18.0. The summed E-state index contributed by atoms with van der Waals surface area (Å²) in [7, 11) is 0. The van der Waals surface area contributed by atoms with Gasteiger partial charge in [0.2, 0.25) is 5.88 Å². The van der Waals surface area contributed by atoms with Crippen molar-refractivity contribution in [2.45, 2.75) is 32.6 Å². The lowest BCUT2D eigenvalue weighted by atomic mass is 9.93. The molecule has 0 radical (unpaired) electrons. The van der Waals surface area contributed by atoms with Gasteiger partial charge in [0.1, 0.15) is 11.5 Å². The molecule has 1 aliphatic rings. The molecule has 1 fully saturated rings. The number of fused-ring (bicyclic) bond motifs is 2. The Hall–Kier alpha value is -3.42. The van der Waals surface area contributed by atoms with Gasteiger partial charge in [-0.15, -0.1) is 5.10 Å². The minimum atomic E-state index is -0.0623. The van der Waals surface area contributed by atoms with Gasteiger partial charge >= 0.3 is 0 Å². The van der Waals surface area contributed by atoms with Crippen LogP contribution in [-0.4, -0.2) is 43.7 Å². The summed E-state index contributed by atoms with van der Waals surface area (Å²) in [5.41, 5.74) is 2.40. The third kappa shape index (κ3) is 3.85. The van der Waals surface area contributed by atoms with Crippen molar-refractivity contribution in [3.63, 3.8) is 0 Å². The van der Waals surface area contributed by atoms with Crippen molar-refractivity contribution < 1.29 is 4.74 Å². The van der Waals surface area contributed by atoms with Crippen LogP contribution in [0.5, 0.6) is 5.88 Å². The Kier molecular flexibility index (Phi) is 4.64. The molecular formula is C23H26N6O2. The molecule has 0 aliphatic carbocycles.